The molecule has 0 saturated heterocycles. The number of rotatable bonds is 8. The Bertz CT molecular complexity index is 1190. The molecular weight excluding hydrogens is 511 g/mol. The summed E-state index contributed by atoms with van der Waals surface area (Å²) in [4.78, 5) is 12.6. The Balaban J connectivity index is 1.78. The molecule has 1 N–H and O–H groups in total. The average molecular weight is 532 g/mol. The maximum Gasteiger partial charge on any atom is 0.257 e. The summed E-state index contributed by atoms with van der Waals surface area (Å²) in [5, 5.41) is 12.2. The van der Waals surface area contributed by atoms with Gasteiger partial charge in [0.15, 0.2) is 4.34 Å². The van der Waals surface area contributed by atoms with Crippen LogP contribution in [0.4, 0.5) is 10.8 Å². The SMILES string of the molecule is CC(C)Sc1nnc(NC(=O)c2ccc(N(Cc3c(Cl)cccc3Cl)S(C)(=O)=O)cc2)s1. The number of benzene rings is 2. The standard InChI is InChI=1S/C20H20Cl2N4O3S3/c1-12(2)30-20-25-24-19(31-20)23-18(27)13-7-9-14(10-8-13)26(32(3,28)29)11-15-16(21)5-4-6-17(15)22/h4-10,12H,11H2,1-3H3,(H,23,24,27). The minimum atomic E-state index is -3.64. The first-order chi connectivity index (χ1) is 15.0. The van der Waals surface area contributed by atoms with E-state index in [2.05, 4.69) is 15.5 Å². The van der Waals surface area contributed by atoms with E-state index >= 15 is 0 Å². The minimum absolute atomic E-state index is 0.0377. The summed E-state index contributed by atoms with van der Waals surface area (Å²) < 4.78 is 26.8. The number of thioether (sulfide) groups is 1. The largest absolute Gasteiger partial charge is 0.296 e. The molecule has 0 saturated carbocycles. The summed E-state index contributed by atoms with van der Waals surface area (Å²) in [6.45, 7) is 4.06. The molecule has 0 unspecified atom stereocenters. The monoisotopic (exact) mass is 530 g/mol. The molecule has 2 aromatic carbocycles. The van der Waals surface area contributed by atoms with Crippen LogP contribution in [-0.2, 0) is 16.6 Å². The Morgan fingerprint density at radius 2 is 1.75 bits per heavy atom. The van der Waals surface area contributed by atoms with Crippen molar-refractivity contribution in [2.24, 2.45) is 0 Å². The van der Waals surface area contributed by atoms with Gasteiger partial charge in [0.1, 0.15) is 0 Å². The fourth-order valence-corrected chi connectivity index (χ4v) is 6.04. The van der Waals surface area contributed by atoms with E-state index in [9.17, 15) is 13.2 Å². The van der Waals surface area contributed by atoms with Gasteiger partial charge in [0.05, 0.1) is 18.5 Å². The second-order valence-electron chi connectivity index (χ2n) is 7.01. The van der Waals surface area contributed by atoms with Gasteiger partial charge in [0, 0.05) is 26.4 Å². The highest BCUT2D eigenvalue weighted by Crippen LogP contribution is 2.30. The summed E-state index contributed by atoms with van der Waals surface area (Å²) >= 11 is 15.3. The van der Waals surface area contributed by atoms with Crippen molar-refractivity contribution >= 4 is 73.0 Å². The Kier molecular flexibility index (Phi) is 8.05. The summed E-state index contributed by atoms with van der Waals surface area (Å²) in [5.41, 5.74) is 1.23. The number of hydrogen-bond donors (Lipinski definition) is 1. The van der Waals surface area contributed by atoms with Crippen LogP contribution in [0.15, 0.2) is 46.8 Å². The summed E-state index contributed by atoms with van der Waals surface area (Å²) in [5.74, 6) is -0.367. The predicted octanol–water partition coefficient (Wildman–Crippen LogP) is 5.56. The van der Waals surface area contributed by atoms with Crippen LogP contribution in [0.2, 0.25) is 10.0 Å². The summed E-state index contributed by atoms with van der Waals surface area (Å²) in [7, 11) is -3.64. The van der Waals surface area contributed by atoms with Gasteiger partial charge in [-0.15, -0.1) is 10.2 Å². The lowest BCUT2D eigenvalue weighted by Gasteiger charge is -2.23. The van der Waals surface area contributed by atoms with Crippen LogP contribution in [0.25, 0.3) is 0 Å². The van der Waals surface area contributed by atoms with Gasteiger partial charge in [0.25, 0.3) is 5.91 Å². The third kappa shape index (κ3) is 6.35. The van der Waals surface area contributed by atoms with Crippen LogP contribution in [-0.4, -0.2) is 36.0 Å². The van der Waals surface area contributed by atoms with E-state index < -0.39 is 10.0 Å². The Hall–Kier alpha value is -1.85. The number of aromatic nitrogens is 2. The van der Waals surface area contributed by atoms with E-state index in [4.69, 9.17) is 23.2 Å². The highest BCUT2D eigenvalue weighted by Gasteiger charge is 2.21. The molecule has 7 nitrogen and oxygen atoms in total. The summed E-state index contributed by atoms with van der Waals surface area (Å²) in [6.07, 6.45) is 1.10. The van der Waals surface area contributed by atoms with Crippen LogP contribution < -0.4 is 9.62 Å². The highest BCUT2D eigenvalue weighted by molar-refractivity contribution is 8.01. The van der Waals surface area contributed by atoms with Crippen molar-refractivity contribution in [3.05, 3.63) is 63.6 Å². The van der Waals surface area contributed by atoms with Crippen LogP contribution in [0.5, 0.6) is 0 Å². The number of sulfonamides is 1. The molecule has 1 heterocycles. The number of amides is 1. The van der Waals surface area contributed by atoms with Crippen molar-refractivity contribution < 1.29 is 13.2 Å². The molecule has 32 heavy (non-hydrogen) atoms. The quantitative estimate of drug-likeness (QED) is 0.302. The van der Waals surface area contributed by atoms with Crippen LogP contribution in [0, 0.1) is 0 Å². The molecule has 12 heteroatoms. The van der Waals surface area contributed by atoms with Gasteiger partial charge in [0.2, 0.25) is 15.2 Å². The van der Waals surface area contributed by atoms with Gasteiger partial charge in [-0.05, 0) is 36.4 Å². The van der Waals surface area contributed by atoms with Crippen molar-refractivity contribution in [2.45, 2.75) is 30.0 Å². The fourth-order valence-electron chi connectivity index (χ4n) is 2.68. The smallest absolute Gasteiger partial charge is 0.257 e. The Morgan fingerprint density at radius 1 is 1.12 bits per heavy atom. The van der Waals surface area contributed by atoms with Crippen molar-refractivity contribution in [1.29, 1.82) is 0 Å². The third-order valence-electron chi connectivity index (χ3n) is 4.14. The first kappa shape index (κ1) is 24.8. The van der Waals surface area contributed by atoms with E-state index in [0.717, 1.165) is 10.6 Å². The second kappa shape index (κ2) is 10.4. The molecule has 3 aromatic rings. The lowest BCUT2D eigenvalue weighted by molar-refractivity contribution is 0.102. The Morgan fingerprint density at radius 3 is 2.31 bits per heavy atom. The second-order valence-corrected chi connectivity index (χ2v) is 12.5. The maximum absolute atomic E-state index is 12.6. The van der Waals surface area contributed by atoms with Crippen LogP contribution in [0.1, 0.15) is 29.8 Å². The predicted molar refractivity (Wildman–Crippen MR) is 133 cm³/mol. The lowest BCUT2D eigenvalue weighted by atomic mass is 10.1. The molecule has 0 aliphatic rings. The molecule has 0 fully saturated rings. The van der Waals surface area contributed by atoms with E-state index in [1.165, 1.54) is 15.6 Å². The molecule has 0 radical (unpaired) electrons. The molecule has 0 aliphatic heterocycles. The molecular formula is C20H20Cl2N4O3S3. The highest BCUT2D eigenvalue weighted by atomic mass is 35.5. The zero-order valence-electron chi connectivity index (χ0n) is 17.4. The van der Waals surface area contributed by atoms with Crippen molar-refractivity contribution in [1.82, 2.24) is 10.2 Å². The number of hydrogen-bond acceptors (Lipinski definition) is 7. The number of carbonyl (C=O) groups excluding carboxylic acids is 1. The molecule has 170 valence electrons. The van der Waals surface area contributed by atoms with E-state index in [1.54, 1.807) is 54.2 Å². The van der Waals surface area contributed by atoms with E-state index in [-0.39, 0.29) is 12.5 Å². The number of carbonyl (C=O) groups is 1. The van der Waals surface area contributed by atoms with Gasteiger partial charge in [-0.25, -0.2) is 8.42 Å². The first-order valence-electron chi connectivity index (χ1n) is 9.37. The number of anilines is 2. The van der Waals surface area contributed by atoms with Crippen molar-refractivity contribution in [3.63, 3.8) is 0 Å². The minimum Gasteiger partial charge on any atom is -0.296 e. The first-order valence-corrected chi connectivity index (χ1v) is 13.7. The van der Waals surface area contributed by atoms with Gasteiger partial charge >= 0.3 is 0 Å². The third-order valence-corrected chi connectivity index (χ3v) is 7.92. The molecule has 0 atom stereocenters. The zero-order chi connectivity index (χ0) is 23.5. The van der Waals surface area contributed by atoms with Gasteiger partial charge in [-0.3, -0.25) is 14.4 Å². The molecule has 1 aromatic heterocycles. The molecule has 0 spiro atoms. The Labute approximate surface area is 205 Å². The fraction of sp³-hybridized carbons (Fsp3) is 0.250. The number of halogens is 2. The van der Waals surface area contributed by atoms with Crippen molar-refractivity contribution in [3.8, 4) is 0 Å². The molecule has 1 amide bonds. The van der Waals surface area contributed by atoms with Gasteiger partial charge in [-0.1, -0.05) is 66.2 Å². The van der Waals surface area contributed by atoms with E-state index in [1.807, 2.05) is 13.8 Å². The zero-order valence-corrected chi connectivity index (χ0v) is 21.3. The van der Waals surface area contributed by atoms with Gasteiger partial charge < -0.3 is 0 Å². The van der Waals surface area contributed by atoms with Crippen LogP contribution >= 0.6 is 46.3 Å². The molecule has 0 aliphatic carbocycles. The number of nitrogens with zero attached hydrogens (tertiary/aromatic N) is 3. The number of nitrogens with one attached hydrogen (secondary N) is 1. The summed E-state index contributed by atoms with van der Waals surface area (Å²) in [6, 6.07) is 11.2. The normalized spacial score (nSPS) is 11.6. The lowest BCUT2D eigenvalue weighted by Crippen LogP contribution is -2.29. The molecule has 3 rings (SSSR count). The van der Waals surface area contributed by atoms with Gasteiger partial charge in [-0.2, -0.15) is 0 Å². The topological polar surface area (TPSA) is 92.3 Å². The average Bonchev–Trinajstić information content (AvgIpc) is 3.13. The maximum atomic E-state index is 12.6. The molecule has 0 bridgehead atoms. The van der Waals surface area contributed by atoms with E-state index in [0.29, 0.717) is 37.2 Å². The van der Waals surface area contributed by atoms with Crippen molar-refractivity contribution in [2.75, 3.05) is 15.9 Å². The van der Waals surface area contributed by atoms with Crippen LogP contribution in [0.3, 0.4) is 0 Å².